The minimum Gasteiger partial charge on any atom is -0.444 e. The van der Waals surface area contributed by atoms with Crippen LogP contribution in [0.2, 0.25) is 0 Å². The first-order chi connectivity index (χ1) is 8.55. The molecule has 1 amide bonds. The molecular formula is C12H18N2O4S. The fraction of sp³-hybridized carbons (Fsp3) is 0.500. The number of nitrogens with zero attached hydrogens (tertiary/aromatic N) is 1. The lowest BCUT2D eigenvalue weighted by Gasteiger charge is -2.19. The predicted octanol–water partition coefficient (Wildman–Crippen LogP) is 1.97. The van der Waals surface area contributed by atoms with Crippen LogP contribution in [0.3, 0.4) is 0 Å². The molecule has 0 bridgehead atoms. The van der Waals surface area contributed by atoms with Crippen molar-refractivity contribution in [2.24, 2.45) is 0 Å². The van der Waals surface area contributed by atoms with Crippen LogP contribution >= 0.6 is 0 Å². The van der Waals surface area contributed by atoms with Crippen molar-refractivity contribution >= 4 is 21.6 Å². The second-order valence-corrected chi connectivity index (χ2v) is 7.38. The molecule has 1 aromatic heterocycles. The Bertz CT molecular complexity index is 544. The van der Waals surface area contributed by atoms with Gasteiger partial charge in [-0.3, -0.25) is 10.3 Å². The van der Waals surface area contributed by atoms with Gasteiger partial charge in [-0.1, -0.05) is 0 Å². The van der Waals surface area contributed by atoms with Gasteiger partial charge >= 0.3 is 6.09 Å². The normalized spacial score (nSPS) is 12.0. The average molecular weight is 286 g/mol. The smallest absolute Gasteiger partial charge is 0.412 e. The summed E-state index contributed by atoms with van der Waals surface area (Å²) in [6, 6.07) is 3.13. The lowest BCUT2D eigenvalue weighted by molar-refractivity contribution is 0.0636. The van der Waals surface area contributed by atoms with E-state index in [0.29, 0.717) is 11.4 Å². The van der Waals surface area contributed by atoms with E-state index in [2.05, 4.69) is 10.3 Å². The molecule has 0 aromatic carbocycles. The topological polar surface area (TPSA) is 85.4 Å². The highest BCUT2D eigenvalue weighted by Crippen LogP contribution is 2.12. The Kier molecular flexibility index (Phi) is 4.52. The van der Waals surface area contributed by atoms with E-state index in [4.69, 9.17) is 4.74 Å². The van der Waals surface area contributed by atoms with Crippen LogP contribution in [0.15, 0.2) is 18.3 Å². The van der Waals surface area contributed by atoms with E-state index < -0.39 is 21.5 Å². The standard InChI is InChI=1S/C12H18N2O4S/c1-12(2,3)18-11(15)14-9-5-6-10(13-7-9)8-19(4,16)17/h5-7H,8H2,1-4H3,(H,14,15). The van der Waals surface area contributed by atoms with Crippen LogP contribution in [0.1, 0.15) is 26.5 Å². The van der Waals surface area contributed by atoms with Crippen molar-refractivity contribution < 1.29 is 17.9 Å². The number of hydrogen-bond donors (Lipinski definition) is 1. The summed E-state index contributed by atoms with van der Waals surface area (Å²) in [5.41, 5.74) is 0.303. The molecule has 6 nitrogen and oxygen atoms in total. The van der Waals surface area contributed by atoms with Crippen molar-refractivity contribution in [3.05, 3.63) is 24.0 Å². The highest BCUT2D eigenvalue weighted by Gasteiger charge is 2.16. The van der Waals surface area contributed by atoms with Crippen molar-refractivity contribution in [1.29, 1.82) is 0 Å². The zero-order valence-corrected chi connectivity index (χ0v) is 12.2. The molecule has 19 heavy (non-hydrogen) atoms. The van der Waals surface area contributed by atoms with Gasteiger partial charge in [0.2, 0.25) is 0 Å². The highest BCUT2D eigenvalue weighted by molar-refractivity contribution is 7.89. The molecule has 7 heteroatoms. The number of rotatable bonds is 3. The summed E-state index contributed by atoms with van der Waals surface area (Å²) in [6.45, 7) is 5.29. The fourth-order valence-corrected chi connectivity index (χ4v) is 1.98. The molecule has 0 fully saturated rings. The van der Waals surface area contributed by atoms with Crippen molar-refractivity contribution in [2.45, 2.75) is 32.1 Å². The van der Waals surface area contributed by atoms with E-state index >= 15 is 0 Å². The van der Waals surface area contributed by atoms with E-state index in [-0.39, 0.29) is 5.75 Å². The van der Waals surface area contributed by atoms with E-state index in [1.165, 1.54) is 6.20 Å². The number of carbonyl (C=O) groups excluding carboxylic acids is 1. The Balaban J connectivity index is 2.65. The third-order valence-electron chi connectivity index (χ3n) is 1.88. The molecule has 0 radical (unpaired) electrons. The van der Waals surface area contributed by atoms with Crippen LogP contribution in [0.25, 0.3) is 0 Å². The van der Waals surface area contributed by atoms with Gasteiger partial charge in [0.05, 0.1) is 23.3 Å². The van der Waals surface area contributed by atoms with Gasteiger partial charge in [0.25, 0.3) is 0 Å². The van der Waals surface area contributed by atoms with Crippen LogP contribution in [-0.4, -0.2) is 31.4 Å². The number of aromatic nitrogens is 1. The van der Waals surface area contributed by atoms with Gasteiger partial charge < -0.3 is 4.74 Å². The number of sulfone groups is 1. The first-order valence-electron chi connectivity index (χ1n) is 5.68. The third kappa shape index (κ3) is 6.76. The van der Waals surface area contributed by atoms with Gasteiger partial charge in [-0.2, -0.15) is 0 Å². The molecule has 0 atom stereocenters. The molecule has 0 spiro atoms. The van der Waals surface area contributed by atoms with E-state index in [9.17, 15) is 13.2 Å². The van der Waals surface area contributed by atoms with Crippen LogP contribution in [0, 0.1) is 0 Å². The predicted molar refractivity (Wildman–Crippen MR) is 72.6 cm³/mol. The van der Waals surface area contributed by atoms with E-state index in [0.717, 1.165) is 6.26 Å². The van der Waals surface area contributed by atoms with E-state index in [1.807, 2.05) is 0 Å². The Labute approximate surface area is 113 Å². The number of ether oxygens (including phenoxy) is 1. The fourth-order valence-electron chi connectivity index (χ4n) is 1.27. The summed E-state index contributed by atoms with van der Waals surface area (Å²) in [5.74, 6) is -0.125. The molecule has 0 aliphatic heterocycles. The summed E-state index contributed by atoms with van der Waals surface area (Å²) in [4.78, 5) is 15.4. The second kappa shape index (κ2) is 5.56. The number of carbonyl (C=O) groups is 1. The lowest BCUT2D eigenvalue weighted by Crippen LogP contribution is -2.27. The monoisotopic (exact) mass is 286 g/mol. The molecule has 1 N–H and O–H groups in total. The van der Waals surface area contributed by atoms with Gasteiger partial charge in [-0.15, -0.1) is 0 Å². The minimum atomic E-state index is -3.11. The summed E-state index contributed by atoms with van der Waals surface area (Å²) in [6.07, 6.45) is 1.96. The molecule has 0 aliphatic carbocycles. The maximum atomic E-state index is 11.5. The van der Waals surface area contributed by atoms with Gasteiger partial charge in [-0.05, 0) is 32.9 Å². The Hall–Kier alpha value is -1.63. The minimum absolute atomic E-state index is 0.125. The molecular weight excluding hydrogens is 268 g/mol. The maximum Gasteiger partial charge on any atom is 0.412 e. The summed E-state index contributed by atoms with van der Waals surface area (Å²) < 4.78 is 27.3. The van der Waals surface area contributed by atoms with Gasteiger partial charge in [0.1, 0.15) is 5.60 Å². The summed E-state index contributed by atoms with van der Waals surface area (Å²) in [7, 11) is -3.11. The van der Waals surface area contributed by atoms with Crippen molar-refractivity contribution in [3.8, 4) is 0 Å². The van der Waals surface area contributed by atoms with Gasteiger partial charge in [-0.25, -0.2) is 13.2 Å². The number of hydrogen-bond acceptors (Lipinski definition) is 5. The van der Waals surface area contributed by atoms with Crippen molar-refractivity contribution in [1.82, 2.24) is 4.98 Å². The Morgan fingerprint density at radius 1 is 1.37 bits per heavy atom. The summed E-state index contributed by atoms with van der Waals surface area (Å²) >= 11 is 0. The maximum absolute atomic E-state index is 11.5. The van der Waals surface area contributed by atoms with Crippen LogP contribution in [-0.2, 0) is 20.3 Å². The number of nitrogens with one attached hydrogen (secondary N) is 1. The zero-order chi connectivity index (χ0) is 14.7. The largest absolute Gasteiger partial charge is 0.444 e. The quantitative estimate of drug-likeness (QED) is 0.918. The van der Waals surface area contributed by atoms with Gasteiger partial charge in [0, 0.05) is 6.26 Å². The van der Waals surface area contributed by atoms with Crippen LogP contribution in [0.5, 0.6) is 0 Å². The number of amides is 1. The molecule has 1 rings (SSSR count). The number of pyridine rings is 1. The highest BCUT2D eigenvalue weighted by atomic mass is 32.2. The molecule has 0 aliphatic rings. The molecule has 0 saturated heterocycles. The molecule has 0 unspecified atom stereocenters. The molecule has 106 valence electrons. The SMILES string of the molecule is CC(C)(C)OC(=O)Nc1ccc(CS(C)(=O)=O)nc1. The first kappa shape index (κ1) is 15.4. The second-order valence-electron chi connectivity index (χ2n) is 5.24. The van der Waals surface area contributed by atoms with Crippen molar-refractivity contribution in [2.75, 3.05) is 11.6 Å². The first-order valence-corrected chi connectivity index (χ1v) is 7.74. The average Bonchev–Trinajstić information content (AvgIpc) is 2.15. The zero-order valence-electron chi connectivity index (χ0n) is 11.4. The van der Waals surface area contributed by atoms with Crippen LogP contribution < -0.4 is 5.32 Å². The molecule has 1 aromatic rings. The Morgan fingerprint density at radius 3 is 2.42 bits per heavy atom. The third-order valence-corrected chi connectivity index (χ3v) is 2.70. The number of anilines is 1. The molecule has 0 saturated carbocycles. The van der Waals surface area contributed by atoms with Crippen molar-refractivity contribution in [3.63, 3.8) is 0 Å². The van der Waals surface area contributed by atoms with Gasteiger partial charge in [0.15, 0.2) is 9.84 Å². The van der Waals surface area contributed by atoms with Crippen LogP contribution in [0.4, 0.5) is 10.5 Å². The summed E-state index contributed by atoms with van der Waals surface area (Å²) in [5, 5.41) is 2.52. The Morgan fingerprint density at radius 2 is 2.00 bits per heavy atom. The lowest BCUT2D eigenvalue weighted by atomic mass is 10.2. The molecule has 1 heterocycles. The van der Waals surface area contributed by atoms with E-state index in [1.54, 1.807) is 32.9 Å².